The molecule has 0 aromatic heterocycles. The van der Waals surface area contributed by atoms with Gasteiger partial charge in [0.2, 0.25) is 0 Å². The summed E-state index contributed by atoms with van der Waals surface area (Å²) in [5, 5.41) is 0. The maximum atomic E-state index is 13.9. The van der Waals surface area contributed by atoms with E-state index in [2.05, 4.69) is 0 Å². The Hall–Kier alpha value is -4.33. The van der Waals surface area contributed by atoms with Gasteiger partial charge in [-0.25, -0.2) is 9.59 Å². The Bertz CT molecular complexity index is 1350. The Morgan fingerprint density at radius 1 is 0.950 bits per heavy atom. The first-order chi connectivity index (χ1) is 19.1. The van der Waals surface area contributed by atoms with Crippen molar-refractivity contribution >= 4 is 18.1 Å². The average Bonchev–Trinajstić information content (AvgIpc) is 3.28. The van der Waals surface area contributed by atoms with E-state index in [9.17, 15) is 14.4 Å². The number of carbonyl (C=O) groups is 3. The average molecular weight is 542 g/mol. The molecular weight excluding hydrogens is 506 g/mol. The van der Waals surface area contributed by atoms with Gasteiger partial charge in [-0.1, -0.05) is 72.8 Å². The number of ether oxygens (including phenoxy) is 2. The third kappa shape index (κ3) is 4.90. The standard InChI is InChI=1S/C32H35N3O5/c1-31(2,3)35(30(38)39-4)21-23-12-11-13-24(20-23)28(36)33-18-19-34-27(22-33)32(40-29(34)37,25-14-7-5-8-15-25)26-16-9-6-10-17-26/h5-17,20,27H,18-19,21-22H2,1-4H3. The lowest BCUT2D eigenvalue weighted by atomic mass is 9.79. The molecule has 2 fully saturated rings. The summed E-state index contributed by atoms with van der Waals surface area (Å²) in [6, 6.07) is 26.4. The zero-order valence-corrected chi connectivity index (χ0v) is 23.4. The summed E-state index contributed by atoms with van der Waals surface area (Å²) in [5.74, 6) is -0.128. The van der Waals surface area contributed by atoms with E-state index in [1.165, 1.54) is 7.11 Å². The third-order valence-electron chi connectivity index (χ3n) is 7.74. The zero-order valence-electron chi connectivity index (χ0n) is 23.4. The molecule has 8 heteroatoms. The van der Waals surface area contributed by atoms with E-state index < -0.39 is 23.3 Å². The number of carbonyl (C=O) groups excluding carboxylic acids is 3. The minimum atomic E-state index is -1.05. The van der Waals surface area contributed by atoms with Gasteiger partial charge in [-0.3, -0.25) is 14.6 Å². The van der Waals surface area contributed by atoms with Gasteiger partial charge in [0.25, 0.3) is 5.91 Å². The molecule has 5 rings (SSSR count). The van der Waals surface area contributed by atoms with Crippen molar-refractivity contribution in [2.75, 3.05) is 26.7 Å². The van der Waals surface area contributed by atoms with Crippen LogP contribution in [-0.2, 0) is 21.6 Å². The molecule has 3 aromatic rings. The molecule has 2 aliphatic heterocycles. The molecular formula is C32H35N3O5. The molecule has 0 N–H and O–H groups in total. The fourth-order valence-electron chi connectivity index (χ4n) is 5.69. The number of amides is 3. The number of hydrogen-bond acceptors (Lipinski definition) is 5. The summed E-state index contributed by atoms with van der Waals surface area (Å²) in [4.78, 5) is 44.7. The molecule has 8 nitrogen and oxygen atoms in total. The maximum absolute atomic E-state index is 13.9. The normalized spacial score (nSPS) is 18.1. The van der Waals surface area contributed by atoms with E-state index in [1.54, 1.807) is 20.8 Å². The molecule has 0 spiro atoms. The van der Waals surface area contributed by atoms with Crippen LogP contribution in [-0.4, -0.2) is 71.1 Å². The van der Waals surface area contributed by atoms with Crippen molar-refractivity contribution in [2.24, 2.45) is 0 Å². The van der Waals surface area contributed by atoms with Crippen molar-refractivity contribution in [1.29, 1.82) is 0 Å². The zero-order chi connectivity index (χ0) is 28.5. The maximum Gasteiger partial charge on any atom is 0.411 e. The van der Waals surface area contributed by atoms with Gasteiger partial charge in [-0.15, -0.1) is 0 Å². The smallest absolute Gasteiger partial charge is 0.411 e. The fraction of sp³-hybridized carbons (Fsp3) is 0.344. The van der Waals surface area contributed by atoms with Gasteiger partial charge in [0.05, 0.1) is 7.11 Å². The highest BCUT2D eigenvalue weighted by molar-refractivity contribution is 5.94. The minimum absolute atomic E-state index is 0.128. The van der Waals surface area contributed by atoms with Crippen LogP contribution in [0.25, 0.3) is 0 Å². The topological polar surface area (TPSA) is 79.4 Å². The highest BCUT2D eigenvalue weighted by Crippen LogP contribution is 2.45. The van der Waals surface area contributed by atoms with Crippen LogP contribution in [0.4, 0.5) is 9.59 Å². The van der Waals surface area contributed by atoms with Crippen molar-refractivity contribution in [1.82, 2.24) is 14.7 Å². The van der Waals surface area contributed by atoms with Gasteiger partial charge in [-0.05, 0) is 38.5 Å². The molecule has 3 amide bonds. The first-order valence-corrected chi connectivity index (χ1v) is 13.5. The van der Waals surface area contributed by atoms with Gasteiger partial charge < -0.3 is 14.4 Å². The molecule has 2 saturated heterocycles. The molecule has 208 valence electrons. The van der Waals surface area contributed by atoms with E-state index in [0.29, 0.717) is 31.7 Å². The van der Waals surface area contributed by atoms with E-state index >= 15 is 0 Å². The lowest BCUT2D eigenvalue weighted by Crippen LogP contribution is -2.58. The Morgan fingerprint density at radius 2 is 1.57 bits per heavy atom. The number of benzene rings is 3. The largest absolute Gasteiger partial charge is 0.453 e. The van der Waals surface area contributed by atoms with Crippen molar-refractivity contribution in [3.63, 3.8) is 0 Å². The van der Waals surface area contributed by atoms with Crippen LogP contribution in [0, 0.1) is 0 Å². The number of nitrogens with zero attached hydrogens (tertiary/aromatic N) is 3. The predicted octanol–water partition coefficient (Wildman–Crippen LogP) is 5.27. The molecule has 0 radical (unpaired) electrons. The Morgan fingerprint density at radius 3 is 2.15 bits per heavy atom. The van der Waals surface area contributed by atoms with Crippen LogP contribution in [0.5, 0.6) is 0 Å². The molecule has 0 saturated carbocycles. The number of fused-ring (bicyclic) bond motifs is 1. The van der Waals surface area contributed by atoms with Gasteiger partial charge in [0.1, 0.15) is 6.04 Å². The van der Waals surface area contributed by atoms with E-state index in [1.807, 2.05) is 99.6 Å². The number of piperazine rings is 1. The van der Waals surface area contributed by atoms with Gasteiger partial charge >= 0.3 is 12.2 Å². The minimum Gasteiger partial charge on any atom is -0.453 e. The van der Waals surface area contributed by atoms with Crippen LogP contribution in [0.2, 0.25) is 0 Å². The van der Waals surface area contributed by atoms with E-state index in [4.69, 9.17) is 9.47 Å². The first kappa shape index (κ1) is 27.2. The lowest BCUT2D eigenvalue weighted by molar-refractivity contribution is 0.0372. The summed E-state index contributed by atoms with van der Waals surface area (Å²) in [6.07, 6.45) is -0.804. The molecule has 40 heavy (non-hydrogen) atoms. The second-order valence-corrected chi connectivity index (χ2v) is 11.2. The van der Waals surface area contributed by atoms with Crippen LogP contribution < -0.4 is 0 Å². The van der Waals surface area contributed by atoms with Crippen LogP contribution in [0.3, 0.4) is 0 Å². The summed E-state index contributed by atoms with van der Waals surface area (Å²) >= 11 is 0. The number of cyclic esters (lactones) is 1. The second kappa shape index (κ2) is 10.7. The SMILES string of the molecule is COC(=O)N(Cc1cccc(C(=O)N2CCN3C(=O)OC(c4ccccc4)(c4ccccc4)C3C2)c1)C(C)(C)C. The molecule has 0 bridgehead atoms. The van der Waals surface area contributed by atoms with Crippen molar-refractivity contribution in [3.05, 3.63) is 107 Å². The second-order valence-electron chi connectivity index (χ2n) is 11.2. The first-order valence-electron chi connectivity index (χ1n) is 13.5. The summed E-state index contributed by atoms with van der Waals surface area (Å²) in [7, 11) is 1.36. The molecule has 2 heterocycles. The molecule has 2 aliphatic rings. The molecule has 0 aliphatic carbocycles. The summed E-state index contributed by atoms with van der Waals surface area (Å²) in [5.41, 5.74) is 1.57. The van der Waals surface area contributed by atoms with Gasteiger partial charge in [0, 0.05) is 48.4 Å². The van der Waals surface area contributed by atoms with Crippen molar-refractivity contribution < 1.29 is 23.9 Å². The van der Waals surface area contributed by atoms with Crippen LogP contribution in [0.15, 0.2) is 84.9 Å². The Labute approximate surface area is 235 Å². The van der Waals surface area contributed by atoms with E-state index in [0.717, 1.165) is 16.7 Å². The van der Waals surface area contributed by atoms with E-state index in [-0.39, 0.29) is 12.0 Å². The van der Waals surface area contributed by atoms with Gasteiger partial charge in [-0.2, -0.15) is 0 Å². The number of methoxy groups -OCH3 is 1. The number of rotatable bonds is 5. The predicted molar refractivity (Wildman–Crippen MR) is 151 cm³/mol. The molecule has 1 atom stereocenters. The third-order valence-corrected chi connectivity index (χ3v) is 7.74. The highest BCUT2D eigenvalue weighted by atomic mass is 16.6. The Kier molecular flexibility index (Phi) is 7.27. The summed E-state index contributed by atoms with van der Waals surface area (Å²) < 4.78 is 11.2. The fourth-order valence-corrected chi connectivity index (χ4v) is 5.69. The summed E-state index contributed by atoms with van der Waals surface area (Å²) in [6.45, 7) is 7.20. The molecule has 3 aromatic carbocycles. The van der Waals surface area contributed by atoms with Gasteiger partial charge in [0.15, 0.2) is 5.60 Å². The molecule has 1 unspecified atom stereocenters. The Balaban J connectivity index is 1.45. The van der Waals surface area contributed by atoms with Crippen molar-refractivity contribution in [2.45, 2.75) is 44.5 Å². The quantitative estimate of drug-likeness (QED) is 0.440. The number of hydrogen-bond donors (Lipinski definition) is 0. The van der Waals surface area contributed by atoms with Crippen molar-refractivity contribution in [3.8, 4) is 0 Å². The monoisotopic (exact) mass is 541 g/mol. The lowest BCUT2D eigenvalue weighted by Gasteiger charge is -2.42. The van der Waals surface area contributed by atoms with Crippen LogP contribution >= 0.6 is 0 Å². The van der Waals surface area contributed by atoms with Crippen LogP contribution in [0.1, 0.15) is 47.8 Å². The highest BCUT2D eigenvalue weighted by Gasteiger charge is 2.58.